The molecule has 10 heteroatoms. The van der Waals surface area contributed by atoms with Gasteiger partial charge >= 0.3 is 0 Å². The molecular weight excluding hydrogens is 400 g/mol. The summed E-state index contributed by atoms with van der Waals surface area (Å²) in [7, 11) is 0. The second-order valence-corrected chi connectivity index (χ2v) is 5.69. The van der Waals surface area contributed by atoms with Gasteiger partial charge in [-0.15, -0.1) is 0 Å². The molecule has 1 aromatic carbocycles. The molecule has 0 unspecified atom stereocenters. The molecule has 10 nitrogen and oxygen atoms in total. The van der Waals surface area contributed by atoms with Crippen LogP contribution in [-0.4, -0.2) is 39.7 Å². The molecule has 2 aromatic heterocycles. The van der Waals surface area contributed by atoms with Gasteiger partial charge in [0, 0.05) is 12.1 Å². The van der Waals surface area contributed by atoms with Crippen LogP contribution in [0.25, 0.3) is 0 Å². The third-order valence-electron chi connectivity index (χ3n) is 3.51. The van der Waals surface area contributed by atoms with E-state index in [0.29, 0.717) is 36.3 Å². The molecule has 3 rings (SSSR count). The Kier molecular flexibility index (Phi) is 10.5. The lowest BCUT2D eigenvalue weighted by Gasteiger charge is -2.04. The number of rotatable bonds is 9. The Bertz CT molecular complexity index is 919. The van der Waals surface area contributed by atoms with Crippen LogP contribution in [0.15, 0.2) is 77.0 Å². The fourth-order valence-electron chi connectivity index (χ4n) is 2.15. The quantitative estimate of drug-likeness (QED) is 0.233. The minimum Gasteiger partial charge on any atom is -0.478 e. The highest BCUT2D eigenvalue weighted by Crippen LogP contribution is 2.15. The van der Waals surface area contributed by atoms with E-state index in [1.807, 2.05) is 42.7 Å². The van der Waals surface area contributed by atoms with Crippen LogP contribution >= 0.6 is 0 Å². The van der Waals surface area contributed by atoms with E-state index in [9.17, 15) is 0 Å². The van der Waals surface area contributed by atoms with Gasteiger partial charge in [0.1, 0.15) is 19.3 Å². The molecule has 3 aromatic rings. The summed E-state index contributed by atoms with van der Waals surface area (Å²) in [4.78, 5) is 15.8. The van der Waals surface area contributed by atoms with E-state index in [2.05, 4.69) is 20.0 Å². The monoisotopic (exact) mass is 424 g/mol. The van der Waals surface area contributed by atoms with E-state index in [0.717, 1.165) is 11.9 Å². The molecule has 0 fully saturated rings. The van der Waals surface area contributed by atoms with Crippen molar-refractivity contribution in [2.45, 2.75) is 13.5 Å². The zero-order valence-corrected chi connectivity index (χ0v) is 16.9. The second-order valence-electron chi connectivity index (χ2n) is 5.69. The molecule has 0 spiro atoms. The summed E-state index contributed by atoms with van der Waals surface area (Å²) >= 11 is 0. The lowest BCUT2D eigenvalue weighted by Crippen LogP contribution is -2.01. The molecule has 0 radical (unpaired) electrons. The maximum absolute atomic E-state index is 8.35. The summed E-state index contributed by atoms with van der Waals surface area (Å²) in [5.74, 6) is 1.10. The fourth-order valence-corrected chi connectivity index (χ4v) is 2.15. The first-order valence-electron chi connectivity index (χ1n) is 9.31. The van der Waals surface area contributed by atoms with Crippen molar-refractivity contribution < 1.29 is 19.9 Å². The zero-order valence-electron chi connectivity index (χ0n) is 16.9. The highest BCUT2D eigenvalue weighted by Gasteiger charge is 1.97. The number of pyridine rings is 2. The number of ether oxygens (including phenoxy) is 2. The van der Waals surface area contributed by atoms with Crippen LogP contribution in [0.4, 0.5) is 11.4 Å². The summed E-state index contributed by atoms with van der Waals surface area (Å²) in [5.41, 5.74) is 5.99. The maximum Gasteiger partial charge on any atom is 0.213 e. The van der Waals surface area contributed by atoms with Gasteiger partial charge in [0.05, 0.1) is 30.4 Å². The van der Waals surface area contributed by atoms with Crippen LogP contribution in [0, 0.1) is 0 Å². The van der Waals surface area contributed by atoms with Gasteiger partial charge in [0.25, 0.3) is 0 Å². The van der Waals surface area contributed by atoms with E-state index < -0.39 is 0 Å². The van der Waals surface area contributed by atoms with Crippen LogP contribution in [-0.2, 0) is 6.61 Å². The third-order valence-corrected chi connectivity index (χ3v) is 3.51. The lowest BCUT2D eigenvalue weighted by atomic mass is 10.2. The smallest absolute Gasteiger partial charge is 0.213 e. The first-order chi connectivity index (χ1) is 15.2. The zero-order chi connectivity index (χ0) is 22.2. The number of benzene rings is 1. The van der Waals surface area contributed by atoms with Gasteiger partial charge in [-0.1, -0.05) is 30.3 Å². The molecule has 0 saturated carbocycles. The van der Waals surface area contributed by atoms with Crippen molar-refractivity contribution >= 4 is 24.1 Å². The number of aliphatic imine (C=N–C) groups is 2. The Hall–Kier alpha value is -4.02. The molecule has 162 valence electrons. The summed E-state index contributed by atoms with van der Waals surface area (Å²) in [6.07, 6.45) is 5.45. The number of nitrogens with one attached hydrogen (secondary N) is 2. The van der Waals surface area contributed by atoms with E-state index in [1.165, 1.54) is 6.34 Å². The van der Waals surface area contributed by atoms with Gasteiger partial charge < -0.3 is 9.47 Å². The van der Waals surface area contributed by atoms with Crippen molar-refractivity contribution in [2.24, 2.45) is 9.98 Å². The number of hydroxylamine groups is 2. The molecule has 2 heterocycles. The normalized spacial score (nSPS) is 10.4. The highest BCUT2D eigenvalue weighted by atomic mass is 16.5. The van der Waals surface area contributed by atoms with E-state index in [-0.39, 0.29) is 0 Å². The summed E-state index contributed by atoms with van der Waals surface area (Å²) in [5, 5.41) is 16.6. The van der Waals surface area contributed by atoms with Gasteiger partial charge in [-0.05, 0) is 24.6 Å². The van der Waals surface area contributed by atoms with Crippen molar-refractivity contribution in [2.75, 3.05) is 6.61 Å². The van der Waals surface area contributed by atoms with Crippen LogP contribution in [0.5, 0.6) is 11.8 Å². The first kappa shape index (κ1) is 23.3. The number of hydrogen-bond donors (Lipinski definition) is 4. The minimum atomic E-state index is 0.481. The third kappa shape index (κ3) is 9.35. The second kappa shape index (κ2) is 14.0. The number of nitrogens with zero attached hydrogens (tertiary/aromatic N) is 4. The molecule has 0 aliphatic carbocycles. The lowest BCUT2D eigenvalue weighted by molar-refractivity contribution is 0.239. The molecule has 0 saturated heterocycles. The van der Waals surface area contributed by atoms with Gasteiger partial charge in [-0.3, -0.25) is 21.4 Å². The fraction of sp³-hybridized carbons (Fsp3) is 0.143. The molecule has 0 aliphatic heterocycles. The van der Waals surface area contributed by atoms with Crippen molar-refractivity contribution in [1.29, 1.82) is 0 Å². The summed E-state index contributed by atoms with van der Waals surface area (Å²) in [6, 6.07) is 16.8. The average molecular weight is 424 g/mol. The summed E-state index contributed by atoms with van der Waals surface area (Å²) in [6.45, 7) is 2.96. The Morgan fingerprint density at radius 3 is 1.81 bits per heavy atom. The van der Waals surface area contributed by atoms with Crippen LogP contribution < -0.4 is 20.4 Å². The minimum absolute atomic E-state index is 0.481. The predicted molar refractivity (Wildman–Crippen MR) is 117 cm³/mol. The molecular formula is C21H24N6O4. The SMILES string of the molecule is CCOc1ccc(N=CNO)cn1.ONC=Nc1ccc(OCc2ccccc2)nc1. The molecule has 4 N–H and O–H groups in total. The summed E-state index contributed by atoms with van der Waals surface area (Å²) < 4.78 is 10.7. The van der Waals surface area contributed by atoms with Crippen LogP contribution in [0.3, 0.4) is 0 Å². The van der Waals surface area contributed by atoms with E-state index in [4.69, 9.17) is 19.9 Å². The van der Waals surface area contributed by atoms with Crippen molar-refractivity contribution in [3.8, 4) is 11.8 Å². The van der Waals surface area contributed by atoms with Gasteiger partial charge in [0.15, 0.2) is 0 Å². The molecule has 0 aliphatic rings. The van der Waals surface area contributed by atoms with E-state index in [1.54, 1.807) is 42.1 Å². The van der Waals surface area contributed by atoms with Gasteiger partial charge in [-0.25, -0.2) is 20.0 Å². The average Bonchev–Trinajstić information content (AvgIpc) is 2.83. The molecule has 0 bridgehead atoms. The largest absolute Gasteiger partial charge is 0.478 e. The van der Waals surface area contributed by atoms with Crippen LogP contribution in [0.2, 0.25) is 0 Å². The standard InChI is InChI=1S/C13H13N3O2.C8H11N3O2/c17-16-10-15-12-6-7-13(14-8-12)18-9-11-4-2-1-3-5-11;1-2-13-8-4-3-7(5-9-8)10-6-11-12/h1-8,10,17H,9H2,(H,15,16);3-6,12H,2H2,1H3,(H,10,11). The van der Waals surface area contributed by atoms with Gasteiger partial charge in [-0.2, -0.15) is 0 Å². The van der Waals surface area contributed by atoms with Crippen LogP contribution in [0.1, 0.15) is 12.5 Å². The van der Waals surface area contributed by atoms with Gasteiger partial charge in [0.2, 0.25) is 11.8 Å². The Labute approximate surface area is 179 Å². The molecule has 0 atom stereocenters. The van der Waals surface area contributed by atoms with Crippen molar-refractivity contribution in [3.63, 3.8) is 0 Å². The Morgan fingerprint density at radius 2 is 1.35 bits per heavy atom. The topological polar surface area (TPSA) is 133 Å². The van der Waals surface area contributed by atoms with E-state index >= 15 is 0 Å². The Balaban J connectivity index is 0.000000233. The highest BCUT2D eigenvalue weighted by molar-refractivity contribution is 5.59. The predicted octanol–water partition coefficient (Wildman–Crippen LogP) is 3.42. The molecule has 0 amide bonds. The first-order valence-corrected chi connectivity index (χ1v) is 9.31. The van der Waals surface area contributed by atoms with Crippen molar-refractivity contribution in [3.05, 3.63) is 72.6 Å². The Morgan fingerprint density at radius 1 is 0.806 bits per heavy atom. The van der Waals surface area contributed by atoms with Crippen molar-refractivity contribution in [1.82, 2.24) is 20.9 Å². The number of hydrogen-bond acceptors (Lipinski definition) is 8. The maximum atomic E-state index is 8.35. The number of aromatic nitrogens is 2. The molecule has 31 heavy (non-hydrogen) atoms.